The molecular formula is C16H21N3. The summed E-state index contributed by atoms with van der Waals surface area (Å²) in [6.07, 6.45) is 7.53. The third-order valence-electron chi connectivity index (χ3n) is 4.93. The summed E-state index contributed by atoms with van der Waals surface area (Å²) in [5.41, 5.74) is 9.28. The van der Waals surface area contributed by atoms with Crippen LogP contribution in [0.15, 0.2) is 29.3 Å². The molecular weight excluding hydrogens is 234 g/mol. The minimum Gasteiger partial charge on any atom is -0.370 e. The molecule has 1 aromatic carbocycles. The Hall–Kier alpha value is -1.51. The van der Waals surface area contributed by atoms with Crippen molar-refractivity contribution in [1.82, 2.24) is 4.90 Å². The third kappa shape index (κ3) is 1.60. The van der Waals surface area contributed by atoms with Gasteiger partial charge in [0.15, 0.2) is 5.96 Å². The van der Waals surface area contributed by atoms with Gasteiger partial charge >= 0.3 is 0 Å². The molecule has 1 spiro atoms. The van der Waals surface area contributed by atoms with Crippen LogP contribution in [0, 0.1) is 0 Å². The molecule has 3 nitrogen and oxygen atoms in total. The van der Waals surface area contributed by atoms with E-state index in [-0.39, 0.29) is 5.54 Å². The molecule has 1 aromatic rings. The lowest BCUT2D eigenvalue weighted by atomic mass is 9.83. The topological polar surface area (TPSA) is 41.6 Å². The minimum atomic E-state index is 0.0678. The largest absolute Gasteiger partial charge is 0.370 e. The zero-order valence-electron chi connectivity index (χ0n) is 11.3. The molecule has 1 atom stereocenters. The zero-order chi connectivity index (χ0) is 12.9. The van der Waals surface area contributed by atoms with Crippen LogP contribution in [-0.4, -0.2) is 23.4 Å². The van der Waals surface area contributed by atoms with E-state index < -0.39 is 0 Å². The van der Waals surface area contributed by atoms with Gasteiger partial charge in [0.1, 0.15) is 0 Å². The molecule has 1 unspecified atom stereocenters. The van der Waals surface area contributed by atoms with Gasteiger partial charge in [-0.25, -0.2) is 0 Å². The Labute approximate surface area is 114 Å². The summed E-state index contributed by atoms with van der Waals surface area (Å²) in [5.74, 6) is 0.777. The van der Waals surface area contributed by atoms with Crippen molar-refractivity contribution in [2.24, 2.45) is 10.7 Å². The van der Waals surface area contributed by atoms with Gasteiger partial charge in [-0.2, -0.15) is 0 Å². The molecule has 1 fully saturated rings. The normalized spacial score (nSPS) is 30.1. The highest BCUT2D eigenvalue weighted by molar-refractivity contribution is 5.82. The minimum absolute atomic E-state index is 0.0678. The smallest absolute Gasteiger partial charge is 0.192 e. The average Bonchev–Trinajstić information content (AvgIpc) is 3.22. The Kier molecular flexibility index (Phi) is 2.38. The summed E-state index contributed by atoms with van der Waals surface area (Å²) >= 11 is 0. The van der Waals surface area contributed by atoms with Crippen molar-refractivity contribution in [3.63, 3.8) is 0 Å². The van der Waals surface area contributed by atoms with E-state index in [0.717, 1.165) is 12.5 Å². The summed E-state index contributed by atoms with van der Waals surface area (Å²) in [6.45, 7) is 0.854. The number of aliphatic imine (C=N–C) groups is 1. The summed E-state index contributed by atoms with van der Waals surface area (Å²) in [6, 6.07) is 9.58. The van der Waals surface area contributed by atoms with Gasteiger partial charge in [-0.3, -0.25) is 4.99 Å². The quantitative estimate of drug-likeness (QED) is 0.837. The molecule has 0 saturated heterocycles. The predicted octanol–water partition coefficient (Wildman–Crippen LogP) is 2.40. The van der Waals surface area contributed by atoms with E-state index in [9.17, 15) is 0 Å². The maximum Gasteiger partial charge on any atom is 0.192 e. The van der Waals surface area contributed by atoms with Crippen LogP contribution in [0.3, 0.4) is 0 Å². The fourth-order valence-electron chi connectivity index (χ4n) is 3.93. The lowest BCUT2D eigenvalue weighted by Crippen LogP contribution is -2.50. The van der Waals surface area contributed by atoms with E-state index in [2.05, 4.69) is 34.2 Å². The molecule has 0 radical (unpaired) electrons. The van der Waals surface area contributed by atoms with Crippen molar-refractivity contribution in [2.45, 2.75) is 50.1 Å². The van der Waals surface area contributed by atoms with Crippen LogP contribution in [0.25, 0.3) is 0 Å². The van der Waals surface area contributed by atoms with Gasteiger partial charge in [-0.1, -0.05) is 30.7 Å². The summed E-state index contributed by atoms with van der Waals surface area (Å²) in [5, 5.41) is 0. The summed E-state index contributed by atoms with van der Waals surface area (Å²) in [7, 11) is 0. The number of guanidine groups is 1. The predicted molar refractivity (Wildman–Crippen MR) is 77.0 cm³/mol. The van der Waals surface area contributed by atoms with Crippen LogP contribution < -0.4 is 5.73 Å². The van der Waals surface area contributed by atoms with E-state index in [0.29, 0.717) is 6.04 Å². The number of benzene rings is 1. The van der Waals surface area contributed by atoms with E-state index >= 15 is 0 Å². The van der Waals surface area contributed by atoms with Crippen molar-refractivity contribution in [3.8, 4) is 0 Å². The van der Waals surface area contributed by atoms with Crippen molar-refractivity contribution in [2.75, 3.05) is 6.54 Å². The second-order valence-corrected chi connectivity index (χ2v) is 6.17. The molecule has 0 bridgehead atoms. The second-order valence-electron chi connectivity index (χ2n) is 6.17. The number of hydrogen-bond acceptors (Lipinski definition) is 3. The van der Waals surface area contributed by atoms with Gasteiger partial charge in [-0.15, -0.1) is 0 Å². The molecule has 3 heteroatoms. The molecule has 1 aliphatic heterocycles. The molecule has 3 aliphatic rings. The number of nitrogens with two attached hydrogens (primary N) is 1. The number of rotatable bonds is 1. The summed E-state index contributed by atoms with van der Waals surface area (Å²) in [4.78, 5) is 7.07. The monoisotopic (exact) mass is 255 g/mol. The first-order valence-corrected chi connectivity index (χ1v) is 7.49. The molecule has 19 heavy (non-hydrogen) atoms. The summed E-state index contributed by atoms with van der Waals surface area (Å²) < 4.78 is 0. The number of nitrogens with zero attached hydrogens (tertiary/aromatic N) is 2. The van der Waals surface area contributed by atoms with Crippen LogP contribution >= 0.6 is 0 Å². The molecule has 1 heterocycles. The fourth-order valence-corrected chi connectivity index (χ4v) is 3.93. The van der Waals surface area contributed by atoms with Gasteiger partial charge < -0.3 is 10.6 Å². The van der Waals surface area contributed by atoms with Crippen molar-refractivity contribution >= 4 is 5.96 Å². The standard InChI is InChI=1S/C16H21N3/c17-15-18-11-16(19(15)13-8-9-13)10-4-3-6-12-5-1-2-7-14(12)16/h1-2,5,7,13H,3-4,6,8-11H2,(H2,17,18). The molecule has 0 aromatic heterocycles. The maximum absolute atomic E-state index is 6.21. The Bertz CT molecular complexity index is 533. The van der Waals surface area contributed by atoms with Crippen LogP contribution in [-0.2, 0) is 12.0 Å². The SMILES string of the molecule is NC1=NCC2(CCCCc3ccccc32)N1C1CC1. The Morgan fingerprint density at radius 3 is 2.89 bits per heavy atom. The Morgan fingerprint density at radius 1 is 1.21 bits per heavy atom. The molecule has 1 saturated carbocycles. The van der Waals surface area contributed by atoms with Crippen molar-refractivity contribution < 1.29 is 0 Å². The van der Waals surface area contributed by atoms with Gasteiger partial charge in [0.25, 0.3) is 0 Å². The Morgan fingerprint density at radius 2 is 2.05 bits per heavy atom. The lowest BCUT2D eigenvalue weighted by molar-refractivity contribution is 0.177. The Balaban J connectivity index is 1.85. The van der Waals surface area contributed by atoms with Crippen LogP contribution in [0.4, 0.5) is 0 Å². The van der Waals surface area contributed by atoms with Gasteiger partial charge in [0, 0.05) is 6.04 Å². The van der Waals surface area contributed by atoms with Crippen LogP contribution in [0.2, 0.25) is 0 Å². The first-order chi connectivity index (χ1) is 9.31. The van der Waals surface area contributed by atoms with Crippen molar-refractivity contribution in [1.29, 1.82) is 0 Å². The fraction of sp³-hybridized carbons (Fsp3) is 0.562. The second kappa shape index (κ2) is 3.99. The molecule has 4 rings (SSSR count). The molecule has 2 aliphatic carbocycles. The zero-order valence-corrected chi connectivity index (χ0v) is 11.3. The lowest BCUT2D eigenvalue weighted by Gasteiger charge is -2.40. The average molecular weight is 255 g/mol. The van der Waals surface area contributed by atoms with E-state index in [4.69, 9.17) is 5.73 Å². The molecule has 100 valence electrons. The first kappa shape index (κ1) is 11.3. The number of fused-ring (bicyclic) bond motifs is 2. The first-order valence-electron chi connectivity index (χ1n) is 7.49. The molecule has 0 amide bonds. The number of aryl methyl sites for hydroxylation is 1. The highest BCUT2D eigenvalue weighted by Crippen LogP contribution is 2.46. The van der Waals surface area contributed by atoms with Gasteiger partial charge in [0.2, 0.25) is 0 Å². The van der Waals surface area contributed by atoms with Crippen LogP contribution in [0.5, 0.6) is 0 Å². The molecule has 2 N–H and O–H groups in total. The van der Waals surface area contributed by atoms with Crippen LogP contribution in [0.1, 0.15) is 43.2 Å². The van der Waals surface area contributed by atoms with E-state index in [1.54, 1.807) is 0 Å². The highest BCUT2D eigenvalue weighted by Gasteiger charge is 2.50. The maximum atomic E-state index is 6.21. The van der Waals surface area contributed by atoms with Gasteiger partial charge in [-0.05, 0) is 43.2 Å². The van der Waals surface area contributed by atoms with Gasteiger partial charge in [0.05, 0.1) is 12.1 Å². The highest BCUT2D eigenvalue weighted by atomic mass is 15.4. The van der Waals surface area contributed by atoms with Crippen molar-refractivity contribution in [3.05, 3.63) is 35.4 Å². The van der Waals surface area contributed by atoms with E-state index in [1.807, 2.05) is 0 Å². The number of hydrogen-bond donors (Lipinski definition) is 1. The third-order valence-corrected chi connectivity index (χ3v) is 4.93. The van der Waals surface area contributed by atoms with E-state index in [1.165, 1.54) is 49.7 Å².